The molecule has 0 aliphatic carbocycles. The van der Waals surface area contributed by atoms with Crippen LogP contribution in [0.3, 0.4) is 0 Å². The van der Waals surface area contributed by atoms with Crippen molar-refractivity contribution in [3.8, 4) is 0 Å². The summed E-state index contributed by atoms with van der Waals surface area (Å²) >= 11 is 0. The van der Waals surface area contributed by atoms with E-state index in [1.807, 2.05) is 32.1 Å². The number of carbonyl (C=O) groups is 2. The first-order chi connectivity index (χ1) is 15.7. The summed E-state index contributed by atoms with van der Waals surface area (Å²) in [5, 5.41) is 5.77. The summed E-state index contributed by atoms with van der Waals surface area (Å²) in [5.74, 6) is -0.175. The third kappa shape index (κ3) is 12.4. The van der Waals surface area contributed by atoms with Gasteiger partial charge in [0.15, 0.2) is 0 Å². The average molecular weight is 450 g/mol. The number of hydrogen-bond donors (Lipinski definition) is 2. The van der Waals surface area contributed by atoms with E-state index < -0.39 is 0 Å². The number of carbonyl (C=O) groups excluding carboxylic acids is 2. The van der Waals surface area contributed by atoms with Crippen molar-refractivity contribution >= 4 is 11.8 Å². The van der Waals surface area contributed by atoms with E-state index in [9.17, 15) is 9.59 Å². The molecule has 0 aliphatic rings. The van der Waals surface area contributed by atoms with Crippen molar-refractivity contribution < 1.29 is 9.59 Å². The van der Waals surface area contributed by atoms with Gasteiger partial charge in [0.1, 0.15) is 0 Å². The van der Waals surface area contributed by atoms with Crippen LogP contribution in [0.25, 0.3) is 0 Å². The Kier molecular flexibility index (Phi) is 13.1. The summed E-state index contributed by atoms with van der Waals surface area (Å²) in [6.45, 7) is 12.8. The molecule has 5 heteroatoms. The van der Waals surface area contributed by atoms with Gasteiger partial charge in [0.25, 0.3) is 5.91 Å². The quantitative estimate of drug-likeness (QED) is 0.406. The predicted octanol–water partition coefficient (Wildman–Crippen LogP) is 5.63. The molecule has 1 rings (SSSR count). The maximum atomic E-state index is 12.6. The molecule has 178 valence electrons. The maximum Gasteiger partial charge on any atom is 0.253 e. The fourth-order valence-electron chi connectivity index (χ4n) is 2.74. The molecule has 0 saturated heterocycles. The minimum absolute atomic E-state index is 0.0442. The fourth-order valence-corrected chi connectivity index (χ4v) is 2.74. The summed E-state index contributed by atoms with van der Waals surface area (Å²) in [5.41, 5.74) is 6.09. The van der Waals surface area contributed by atoms with E-state index in [0.717, 1.165) is 35.1 Å². The van der Waals surface area contributed by atoms with Crippen molar-refractivity contribution in [2.24, 2.45) is 0 Å². The molecule has 0 atom stereocenters. The molecule has 0 radical (unpaired) electrons. The number of amides is 2. The van der Waals surface area contributed by atoms with Crippen molar-refractivity contribution in [3.05, 3.63) is 88.3 Å². The lowest BCUT2D eigenvalue weighted by atomic mass is 10.0. The SMILES string of the molecule is CC/C=C/C(=C\C=C(/C)CNC(C)=O)Cc1cncc(C(=O)NC/C(C)=C/C=C(\C)CC)c1. The Hall–Kier alpha value is -3.21. The van der Waals surface area contributed by atoms with Gasteiger partial charge < -0.3 is 10.6 Å². The molecule has 0 aromatic carbocycles. The van der Waals surface area contributed by atoms with Gasteiger partial charge in [0, 0.05) is 32.4 Å². The van der Waals surface area contributed by atoms with Crippen molar-refractivity contribution in [2.75, 3.05) is 13.1 Å². The van der Waals surface area contributed by atoms with E-state index in [1.165, 1.54) is 12.5 Å². The highest BCUT2D eigenvalue weighted by Gasteiger charge is 2.07. The zero-order chi connectivity index (χ0) is 24.6. The Morgan fingerprint density at radius 1 is 0.879 bits per heavy atom. The van der Waals surface area contributed by atoms with Crippen LogP contribution in [-0.2, 0) is 11.2 Å². The summed E-state index contributed by atoms with van der Waals surface area (Å²) in [7, 11) is 0. The van der Waals surface area contributed by atoms with Gasteiger partial charge in [-0.15, -0.1) is 0 Å². The summed E-state index contributed by atoms with van der Waals surface area (Å²) < 4.78 is 0. The topological polar surface area (TPSA) is 71.1 Å². The smallest absolute Gasteiger partial charge is 0.253 e. The minimum Gasteiger partial charge on any atom is -0.353 e. The van der Waals surface area contributed by atoms with E-state index in [0.29, 0.717) is 25.1 Å². The van der Waals surface area contributed by atoms with Gasteiger partial charge in [-0.1, -0.05) is 67.0 Å². The van der Waals surface area contributed by atoms with Gasteiger partial charge in [-0.3, -0.25) is 14.6 Å². The van der Waals surface area contributed by atoms with Gasteiger partial charge in [-0.2, -0.15) is 0 Å². The molecule has 0 aliphatic heterocycles. The summed E-state index contributed by atoms with van der Waals surface area (Å²) in [6.07, 6.45) is 18.4. The number of pyridine rings is 1. The molecule has 2 amide bonds. The average Bonchev–Trinajstić information content (AvgIpc) is 2.81. The van der Waals surface area contributed by atoms with Crippen LogP contribution in [-0.4, -0.2) is 29.9 Å². The molecule has 0 saturated carbocycles. The molecule has 2 N–H and O–H groups in total. The Bertz CT molecular complexity index is 950. The third-order valence-electron chi connectivity index (χ3n) is 4.97. The largest absolute Gasteiger partial charge is 0.353 e. The van der Waals surface area contributed by atoms with Gasteiger partial charge >= 0.3 is 0 Å². The fraction of sp³-hybridized carbons (Fsp3) is 0.393. The number of nitrogens with zero attached hydrogens (tertiary/aromatic N) is 1. The van der Waals surface area contributed by atoms with Crippen LogP contribution in [0.1, 0.15) is 70.3 Å². The van der Waals surface area contributed by atoms with Crippen molar-refractivity contribution in [3.63, 3.8) is 0 Å². The molecule has 1 aromatic rings. The molecule has 33 heavy (non-hydrogen) atoms. The molecule has 0 unspecified atom stereocenters. The lowest BCUT2D eigenvalue weighted by Gasteiger charge is -2.08. The standard InChI is InChI=1S/C28H39N3O2/c1-7-9-10-25(14-13-23(5)17-30-24(6)32)15-26-16-27(20-29-19-26)28(33)31-18-22(4)12-11-21(3)8-2/h9-14,16,19-20H,7-8,15,17-18H2,1-6H3,(H,30,32)(H,31,33)/b10-9+,21-11+,22-12+,23-13+,25-14+. The number of rotatable bonds is 12. The maximum absolute atomic E-state index is 12.6. The highest BCUT2D eigenvalue weighted by atomic mass is 16.2. The second-order valence-corrected chi connectivity index (χ2v) is 8.30. The molecular weight excluding hydrogens is 410 g/mol. The van der Waals surface area contributed by atoms with Crippen LogP contribution >= 0.6 is 0 Å². The Morgan fingerprint density at radius 3 is 2.15 bits per heavy atom. The van der Waals surface area contributed by atoms with Crippen LogP contribution in [0.2, 0.25) is 0 Å². The first kappa shape index (κ1) is 27.8. The van der Waals surface area contributed by atoms with Crippen LogP contribution in [0.15, 0.2) is 77.2 Å². The van der Waals surface area contributed by atoms with Gasteiger partial charge in [-0.05, 0) is 57.2 Å². The summed E-state index contributed by atoms with van der Waals surface area (Å²) in [4.78, 5) is 28.0. The van der Waals surface area contributed by atoms with Crippen molar-refractivity contribution in [2.45, 2.75) is 60.8 Å². The second kappa shape index (κ2) is 15.6. The molecule has 1 aromatic heterocycles. The first-order valence-corrected chi connectivity index (χ1v) is 11.6. The van der Waals surface area contributed by atoms with Crippen LogP contribution in [0.5, 0.6) is 0 Å². The molecule has 0 fully saturated rings. The van der Waals surface area contributed by atoms with Gasteiger partial charge in [0.05, 0.1) is 5.56 Å². The number of nitrogens with one attached hydrogen (secondary N) is 2. The monoisotopic (exact) mass is 449 g/mol. The van der Waals surface area contributed by atoms with E-state index in [1.54, 1.807) is 12.4 Å². The third-order valence-corrected chi connectivity index (χ3v) is 4.97. The highest BCUT2D eigenvalue weighted by molar-refractivity contribution is 5.94. The van der Waals surface area contributed by atoms with Crippen molar-refractivity contribution in [1.82, 2.24) is 15.6 Å². The van der Waals surface area contributed by atoms with E-state index in [2.05, 4.69) is 60.7 Å². The molecule has 5 nitrogen and oxygen atoms in total. The second-order valence-electron chi connectivity index (χ2n) is 8.30. The molecular formula is C28H39N3O2. The lowest BCUT2D eigenvalue weighted by molar-refractivity contribution is -0.118. The Morgan fingerprint density at radius 2 is 1.52 bits per heavy atom. The summed E-state index contributed by atoms with van der Waals surface area (Å²) in [6, 6.07) is 1.89. The number of allylic oxidation sites excluding steroid dienone is 8. The highest BCUT2D eigenvalue weighted by Crippen LogP contribution is 2.12. The number of aromatic nitrogens is 1. The zero-order valence-electron chi connectivity index (χ0n) is 21.0. The van der Waals surface area contributed by atoms with E-state index >= 15 is 0 Å². The van der Waals surface area contributed by atoms with E-state index in [-0.39, 0.29) is 11.8 Å². The molecule has 1 heterocycles. The van der Waals surface area contributed by atoms with Gasteiger partial charge in [-0.25, -0.2) is 0 Å². The minimum atomic E-state index is -0.131. The predicted molar refractivity (Wildman–Crippen MR) is 138 cm³/mol. The first-order valence-electron chi connectivity index (χ1n) is 11.6. The van der Waals surface area contributed by atoms with Crippen molar-refractivity contribution in [1.29, 1.82) is 0 Å². The van der Waals surface area contributed by atoms with E-state index in [4.69, 9.17) is 0 Å². The van der Waals surface area contributed by atoms with Crippen LogP contribution < -0.4 is 10.6 Å². The Labute approximate surface area is 199 Å². The number of hydrogen-bond acceptors (Lipinski definition) is 3. The molecule has 0 bridgehead atoms. The normalized spacial score (nSPS) is 13.4. The lowest BCUT2D eigenvalue weighted by Crippen LogP contribution is -2.25. The Balaban J connectivity index is 2.89. The van der Waals surface area contributed by atoms with Crippen LogP contribution in [0, 0.1) is 0 Å². The van der Waals surface area contributed by atoms with Gasteiger partial charge in [0.2, 0.25) is 5.91 Å². The zero-order valence-corrected chi connectivity index (χ0v) is 21.0. The molecule has 0 spiro atoms. The van der Waals surface area contributed by atoms with Crippen LogP contribution in [0.4, 0.5) is 0 Å².